The number of benzene rings is 2. The molecule has 2 N–H and O–H groups in total. The number of nitrogens with zero attached hydrogens (tertiary/aromatic N) is 3. The van der Waals surface area contributed by atoms with Crippen molar-refractivity contribution in [2.24, 2.45) is 0 Å². The second-order valence-electron chi connectivity index (χ2n) is 9.29. The molecule has 4 heterocycles. The molecule has 0 spiro atoms. The summed E-state index contributed by atoms with van der Waals surface area (Å²) in [5, 5.41) is 6.72. The van der Waals surface area contributed by atoms with E-state index in [0.717, 1.165) is 37.3 Å². The molecule has 3 aliphatic heterocycles. The lowest BCUT2D eigenvalue weighted by atomic mass is 9.82. The fraction of sp³-hybridized carbons (Fsp3) is 0.440. The van der Waals surface area contributed by atoms with E-state index in [0.29, 0.717) is 34.8 Å². The van der Waals surface area contributed by atoms with Crippen molar-refractivity contribution < 1.29 is 9.21 Å². The highest BCUT2D eigenvalue weighted by molar-refractivity contribution is 6.05. The summed E-state index contributed by atoms with van der Waals surface area (Å²) in [5.41, 5.74) is 3.96. The number of aromatic nitrogens is 1. The van der Waals surface area contributed by atoms with E-state index in [1.54, 1.807) is 0 Å². The maximum atomic E-state index is 13.3. The zero-order valence-electron chi connectivity index (χ0n) is 18.4. The highest BCUT2D eigenvalue weighted by atomic mass is 16.4. The van der Waals surface area contributed by atoms with Gasteiger partial charge in [0.05, 0.1) is 16.9 Å². The van der Waals surface area contributed by atoms with Gasteiger partial charge in [-0.2, -0.15) is 4.98 Å². The van der Waals surface area contributed by atoms with Crippen molar-refractivity contribution in [3.05, 3.63) is 48.0 Å². The summed E-state index contributed by atoms with van der Waals surface area (Å²) in [6.45, 7) is 1.56. The number of piperidine rings is 2. The van der Waals surface area contributed by atoms with Crippen molar-refractivity contribution in [3.63, 3.8) is 0 Å². The molecule has 1 amide bonds. The zero-order valence-corrected chi connectivity index (χ0v) is 18.4. The van der Waals surface area contributed by atoms with E-state index >= 15 is 0 Å². The van der Waals surface area contributed by atoms with E-state index in [1.165, 1.54) is 19.3 Å². The van der Waals surface area contributed by atoms with Crippen LogP contribution < -0.4 is 15.5 Å². The Morgan fingerprint density at radius 2 is 1.94 bits per heavy atom. The average Bonchev–Trinajstić information content (AvgIpc) is 3.23. The number of oxazole rings is 1. The summed E-state index contributed by atoms with van der Waals surface area (Å²) >= 11 is 0. The molecule has 7 nitrogen and oxygen atoms in total. The fourth-order valence-electron chi connectivity index (χ4n) is 5.71. The van der Waals surface area contributed by atoms with Gasteiger partial charge in [-0.1, -0.05) is 24.6 Å². The smallest absolute Gasteiger partial charge is 0.303 e. The summed E-state index contributed by atoms with van der Waals surface area (Å²) in [7, 11) is 2.23. The Labute approximate surface area is 187 Å². The summed E-state index contributed by atoms with van der Waals surface area (Å²) in [4.78, 5) is 22.7. The highest BCUT2D eigenvalue weighted by Crippen LogP contribution is 2.36. The number of fused-ring (bicyclic) bond motifs is 4. The van der Waals surface area contributed by atoms with E-state index in [4.69, 9.17) is 9.40 Å². The molecule has 2 fully saturated rings. The summed E-state index contributed by atoms with van der Waals surface area (Å²) in [5.74, 6) is -0.0520. The molecule has 2 atom stereocenters. The van der Waals surface area contributed by atoms with Crippen molar-refractivity contribution in [3.8, 4) is 0 Å². The number of para-hydroxylation sites is 3. The van der Waals surface area contributed by atoms with Crippen LogP contribution in [0.3, 0.4) is 0 Å². The molecule has 0 saturated carbocycles. The number of anilines is 3. The van der Waals surface area contributed by atoms with Gasteiger partial charge in [0.1, 0.15) is 5.52 Å². The minimum Gasteiger partial charge on any atom is -0.423 e. The van der Waals surface area contributed by atoms with Gasteiger partial charge in [0.15, 0.2) is 5.58 Å². The normalized spacial score (nSPS) is 25.3. The van der Waals surface area contributed by atoms with Crippen LogP contribution in [0, 0.1) is 0 Å². The Morgan fingerprint density at radius 1 is 1.12 bits per heavy atom. The number of hydrogen-bond donors (Lipinski definition) is 2. The van der Waals surface area contributed by atoms with Gasteiger partial charge < -0.3 is 20.0 Å². The molecule has 3 aromatic rings. The van der Waals surface area contributed by atoms with Gasteiger partial charge in [0, 0.05) is 31.2 Å². The second-order valence-corrected chi connectivity index (χ2v) is 9.29. The Hall–Kier alpha value is -3.06. The fourth-order valence-corrected chi connectivity index (χ4v) is 5.71. The third-order valence-corrected chi connectivity index (χ3v) is 7.40. The van der Waals surface area contributed by atoms with Crippen LogP contribution in [-0.4, -0.2) is 54.1 Å². The van der Waals surface area contributed by atoms with Crippen LogP contribution in [0.2, 0.25) is 0 Å². The Bertz CT molecular complexity index is 1140. The number of carbonyl (C=O) groups excluding carboxylic acids is 1. The van der Waals surface area contributed by atoms with Crippen LogP contribution in [-0.2, 0) is 0 Å². The summed E-state index contributed by atoms with van der Waals surface area (Å²) in [6, 6.07) is 15.7. The minimum atomic E-state index is -0.0520. The predicted octanol–water partition coefficient (Wildman–Crippen LogP) is 4.14. The van der Waals surface area contributed by atoms with Crippen LogP contribution in [0.5, 0.6) is 0 Å². The number of hydrogen-bond acceptors (Lipinski definition) is 6. The molecule has 2 aromatic carbocycles. The van der Waals surface area contributed by atoms with E-state index in [-0.39, 0.29) is 11.9 Å². The van der Waals surface area contributed by atoms with Crippen molar-refractivity contribution in [1.82, 2.24) is 15.2 Å². The molecule has 0 aliphatic carbocycles. The first-order valence-corrected chi connectivity index (χ1v) is 11.7. The van der Waals surface area contributed by atoms with Gasteiger partial charge in [0.25, 0.3) is 5.91 Å². The van der Waals surface area contributed by atoms with Crippen LogP contribution in [0.1, 0.15) is 42.5 Å². The lowest BCUT2D eigenvalue weighted by Gasteiger charge is -2.47. The lowest BCUT2D eigenvalue weighted by Crippen LogP contribution is -2.55. The SMILES string of the molecule is CN1C2CCCC1CC(NC(=O)c1cccc3oc(N4CCNc5ccccc54)nc13)C2. The molecule has 2 bridgehead atoms. The van der Waals surface area contributed by atoms with Gasteiger partial charge in [-0.3, -0.25) is 9.69 Å². The summed E-state index contributed by atoms with van der Waals surface area (Å²) in [6.07, 6.45) is 5.81. The quantitative estimate of drug-likeness (QED) is 0.649. The molecular weight excluding hydrogens is 402 g/mol. The van der Waals surface area contributed by atoms with Crippen LogP contribution >= 0.6 is 0 Å². The van der Waals surface area contributed by atoms with Crippen LogP contribution in [0.15, 0.2) is 46.9 Å². The molecule has 7 heteroatoms. The standard InChI is InChI=1S/C25H29N5O2/c1-29-17-6-4-7-18(29)15-16(14-17)27-24(31)19-8-5-11-22-23(19)28-25(32-22)30-13-12-26-20-9-2-3-10-21(20)30/h2-3,5,8-11,16-18,26H,4,6-7,12-15H2,1H3,(H,27,31). The molecular formula is C25H29N5O2. The van der Waals surface area contributed by atoms with Crippen LogP contribution in [0.25, 0.3) is 11.1 Å². The molecule has 6 rings (SSSR count). The monoisotopic (exact) mass is 431 g/mol. The first-order chi connectivity index (χ1) is 15.7. The number of carbonyl (C=O) groups is 1. The lowest BCUT2D eigenvalue weighted by molar-refractivity contribution is 0.0463. The highest BCUT2D eigenvalue weighted by Gasteiger charge is 2.36. The average molecular weight is 432 g/mol. The zero-order chi connectivity index (χ0) is 21.7. The van der Waals surface area contributed by atoms with Gasteiger partial charge >= 0.3 is 6.01 Å². The van der Waals surface area contributed by atoms with Gasteiger partial charge in [-0.05, 0) is 57.0 Å². The summed E-state index contributed by atoms with van der Waals surface area (Å²) < 4.78 is 6.12. The maximum Gasteiger partial charge on any atom is 0.303 e. The third-order valence-electron chi connectivity index (χ3n) is 7.40. The molecule has 3 aliphatic rings. The molecule has 32 heavy (non-hydrogen) atoms. The molecule has 1 aromatic heterocycles. The second kappa shape index (κ2) is 7.81. The van der Waals surface area contributed by atoms with Gasteiger partial charge in [-0.25, -0.2) is 0 Å². The predicted molar refractivity (Wildman–Crippen MR) is 126 cm³/mol. The van der Waals surface area contributed by atoms with Gasteiger partial charge in [0.2, 0.25) is 0 Å². The topological polar surface area (TPSA) is 73.6 Å². The van der Waals surface area contributed by atoms with Crippen molar-refractivity contribution in [2.45, 2.75) is 50.2 Å². The largest absolute Gasteiger partial charge is 0.423 e. The first-order valence-electron chi connectivity index (χ1n) is 11.7. The number of amides is 1. The molecule has 166 valence electrons. The maximum absolute atomic E-state index is 13.3. The van der Waals surface area contributed by atoms with E-state index in [1.807, 2.05) is 30.3 Å². The molecule has 2 saturated heterocycles. The minimum absolute atomic E-state index is 0.0520. The van der Waals surface area contributed by atoms with E-state index in [9.17, 15) is 4.79 Å². The molecule has 2 unspecified atom stereocenters. The number of rotatable bonds is 3. The Kier molecular flexibility index (Phi) is 4.79. The van der Waals surface area contributed by atoms with Crippen molar-refractivity contribution >= 4 is 34.4 Å². The van der Waals surface area contributed by atoms with E-state index in [2.05, 4.69) is 39.6 Å². The third kappa shape index (κ3) is 3.32. The Morgan fingerprint density at radius 3 is 2.78 bits per heavy atom. The first kappa shape index (κ1) is 19.6. The van der Waals surface area contributed by atoms with Crippen molar-refractivity contribution in [2.75, 3.05) is 30.4 Å². The van der Waals surface area contributed by atoms with Crippen LogP contribution in [0.4, 0.5) is 17.4 Å². The number of nitrogens with one attached hydrogen (secondary N) is 2. The van der Waals surface area contributed by atoms with Gasteiger partial charge in [-0.15, -0.1) is 0 Å². The molecule has 0 radical (unpaired) electrons. The van der Waals surface area contributed by atoms with Crippen molar-refractivity contribution in [1.29, 1.82) is 0 Å². The van der Waals surface area contributed by atoms with E-state index < -0.39 is 0 Å². The Balaban J connectivity index is 1.27.